The van der Waals surface area contributed by atoms with E-state index in [1.165, 1.54) is 0 Å². The second kappa shape index (κ2) is 4.26. The summed E-state index contributed by atoms with van der Waals surface area (Å²) in [6.07, 6.45) is -5.29. The molecule has 1 saturated carbocycles. The first-order valence-electron chi connectivity index (χ1n) is 6.22. The van der Waals surface area contributed by atoms with E-state index < -0.39 is 47.6 Å². The number of aliphatic carboxylic acids is 1. The van der Waals surface area contributed by atoms with Crippen molar-refractivity contribution >= 4 is 12.1 Å². The highest BCUT2D eigenvalue weighted by atomic mass is 19.4. The van der Waals surface area contributed by atoms with Crippen molar-refractivity contribution in [3.05, 3.63) is 0 Å². The number of hydrogen-bond donors (Lipinski definition) is 1. The Labute approximate surface area is 113 Å². The first-order chi connectivity index (χ1) is 8.93. The van der Waals surface area contributed by atoms with Gasteiger partial charge in [-0.2, -0.15) is 13.2 Å². The summed E-state index contributed by atoms with van der Waals surface area (Å²) in [7, 11) is 0. The molecule has 0 unspecified atom stereocenters. The van der Waals surface area contributed by atoms with E-state index in [1.54, 1.807) is 20.8 Å². The number of halogens is 3. The first-order valence-corrected chi connectivity index (χ1v) is 6.22. The number of alkyl halides is 3. The van der Waals surface area contributed by atoms with Gasteiger partial charge >= 0.3 is 18.2 Å². The summed E-state index contributed by atoms with van der Waals surface area (Å²) in [5.74, 6) is -4.93. The van der Waals surface area contributed by atoms with E-state index in [2.05, 4.69) is 0 Å². The summed E-state index contributed by atoms with van der Waals surface area (Å²) >= 11 is 0. The zero-order valence-corrected chi connectivity index (χ0v) is 11.3. The number of carboxylic acids is 1. The van der Waals surface area contributed by atoms with E-state index in [4.69, 9.17) is 9.84 Å². The van der Waals surface area contributed by atoms with Gasteiger partial charge in [0, 0.05) is 12.5 Å². The van der Waals surface area contributed by atoms with Gasteiger partial charge < -0.3 is 9.84 Å². The molecule has 1 heterocycles. The number of piperidine rings is 1. The molecule has 5 nitrogen and oxygen atoms in total. The number of carboxylic acid groups (broad SMARTS) is 1. The molecule has 0 spiro atoms. The average molecular weight is 295 g/mol. The normalized spacial score (nSPS) is 32.8. The van der Waals surface area contributed by atoms with Crippen molar-refractivity contribution in [3.63, 3.8) is 0 Å². The fraction of sp³-hybridized carbons (Fsp3) is 0.833. The van der Waals surface area contributed by atoms with Gasteiger partial charge in [0.25, 0.3) is 0 Å². The van der Waals surface area contributed by atoms with E-state index in [-0.39, 0.29) is 6.54 Å². The smallest absolute Gasteiger partial charge is 0.411 e. The molecule has 20 heavy (non-hydrogen) atoms. The number of amides is 1. The van der Waals surface area contributed by atoms with E-state index in [0.29, 0.717) is 0 Å². The Hall–Kier alpha value is -1.47. The minimum Gasteiger partial charge on any atom is -0.480 e. The molecule has 2 fully saturated rings. The van der Waals surface area contributed by atoms with Gasteiger partial charge in [-0.3, -0.25) is 4.90 Å². The van der Waals surface area contributed by atoms with Crippen molar-refractivity contribution in [2.45, 2.75) is 38.6 Å². The summed E-state index contributed by atoms with van der Waals surface area (Å²) < 4.78 is 43.0. The molecule has 1 aliphatic carbocycles. The second-order valence-corrected chi connectivity index (χ2v) is 6.22. The molecular formula is C12H16F3NO4. The molecule has 0 aromatic carbocycles. The predicted octanol–water partition coefficient (Wildman–Crippen LogP) is 2.11. The molecule has 1 saturated heterocycles. The Morgan fingerprint density at radius 2 is 1.80 bits per heavy atom. The third kappa shape index (κ3) is 2.55. The Bertz CT molecular complexity index is 443. The van der Waals surface area contributed by atoms with Crippen LogP contribution in [-0.4, -0.2) is 46.4 Å². The van der Waals surface area contributed by atoms with Crippen molar-refractivity contribution < 1.29 is 32.6 Å². The third-order valence-electron chi connectivity index (χ3n) is 3.60. The summed E-state index contributed by atoms with van der Waals surface area (Å²) in [6.45, 7) is 4.60. The van der Waals surface area contributed by atoms with Crippen LogP contribution in [0.1, 0.15) is 20.8 Å². The molecule has 1 N–H and O–H groups in total. The fourth-order valence-electron chi connectivity index (χ4n) is 2.88. The number of nitrogens with zero attached hydrogens (tertiary/aromatic N) is 1. The van der Waals surface area contributed by atoms with Crippen LogP contribution in [-0.2, 0) is 9.53 Å². The van der Waals surface area contributed by atoms with Crippen molar-refractivity contribution in [1.29, 1.82) is 0 Å². The van der Waals surface area contributed by atoms with Crippen LogP contribution in [0.5, 0.6) is 0 Å². The zero-order chi connectivity index (χ0) is 15.5. The van der Waals surface area contributed by atoms with Crippen LogP contribution in [0.15, 0.2) is 0 Å². The maximum Gasteiger partial charge on any atom is 0.411 e. The van der Waals surface area contributed by atoms with Gasteiger partial charge in [0.1, 0.15) is 11.6 Å². The molecule has 2 rings (SSSR count). The van der Waals surface area contributed by atoms with E-state index in [0.717, 1.165) is 4.90 Å². The molecule has 0 aromatic heterocycles. The Morgan fingerprint density at radius 1 is 1.25 bits per heavy atom. The molecule has 2 aliphatic rings. The molecule has 1 aliphatic heterocycles. The van der Waals surface area contributed by atoms with E-state index in [1.807, 2.05) is 0 Å². The zero-order valence-electron chi connectivity index (χ0n) is 11.3. The van der Waals surface area contributed by atoms with Crippen molar-refractivity contribution in [1.82, 2.24) is 4.90 Å². The number of fused-ring (bicyclic) bond motifs is 1. The lowest BCUT2D eigenvalue weighted by molar-refractivity contribution is -0.162. The van der Waals surface area contributed by atoms with Crippen LogP contribution in [0.25, 0.3) is 0 Å². The lowest BCUT2D eigenvalue weighted by Crippen LogP contribution is -2.47. The Kier molecular flexibility index (Phi) is 3.18. The van der Waals surface area contributed by atoms with Crippen molar-refractivity contribution in [2.75, 3.05) is 6.54 Å². The number of carbonyl (C=O) groups excluding carboxylic acids is 1. The summed E-state index contributed by atoms with van der Waals surface area (Å²) in [6, 6.07) is -1.46. The highest BCUT2D eigenvalue weighted by Gasteiger charge is 2.73. The maximum atomic E-state index is 12.7. The van der Waals surface area contributed by atoms with Gasteiger partial charge in [0.15, 0.2) is 0 Å². The lowest BCUT2D eigenvalue weighted by atomic mass is 10.1. The Morgan fingerprint density at radius 3 is 2.20 bits per heavy atom. The monoisotopic (exact) mass is 295 g/mol. The maximum absolute atomic E-state index is 12.7. The molecule has 0 aromatic rings. The molecular weight excluding hydrogens is 279 g/mol. The third-order valence-corrected chi connectivity index (χ3v) is 3.60. The topological polar surface area (TPSA) is 66.8 Å². The van der Waals surface area contributed by atoms with Crippen molar-refractivity contribution in [3.8, 4) is 0 Å². The molecule has 4 atom stereocenters. The van der Waals surface area contributed by atoms with Gasteiger partial charge in [-0.05, 0) is 26.7 Å². The predicted molar refractivity (Wildman–Crippen MR) is 60.9 cm³/mol. The van der Waals surface area contributed by atoms with Crippen LogP contribution in [0.3, 0.4) is 0 Å². The van der Waals surface area contributed by atoms with Gasteiger partial charge in [0.2, 0.25) is 0 Å². The van der Waals surface area contributed by atoms with Gasteiger partial charge in [-0.15, -0.1) is 0 Å². The number of likely N-dealkylation sites (tertiary alicyclic amines) is 1. The quantitative estimate of drug-likeness (QED) is 0.804. The minimum atomic E-state index is -4.41. The molecule has 114 valence electrons. The van der Waals surface area contributed by atoms with Crippen LogP contribution >= 0.6 is 0 Å². The largest absolute Gasteiger partial charge is 0.480 e. The molecule has 1 amide bonds. The van der Waals surface area contributed by atoms with Crippen LogP contribution < -0.4 is 0 Å². The van der Waals surface area contributed by atoms with Gasteiger partial charge in [-0.25, -0.2) is 9.59 Å². The second-order valence-electron chi connectivity index (χ2n) is 6.22. The van der Waals surface area contributed by atoms with E-state index >= 15 is 0 Å². The summed E-state index contributed by atoms with van der Waals surface area (Å²) in [5, 5.41) is 9.09. The fourth-order valence-corrected chi connectivity index (χ4v) is 2.88. The highest BCUT2D eigenvalue weighted by molar-refractivity contribution is 5.82. The van der Waals surface area contributed by atoms with Crippen LogP contribution in [0, 0.1) is 17.8 Å². The molecule has 0 radical (unpaired) electrons. The number of rotatable bonds is 1. The SMILES string of the molecule is CC(C)(C)OC(=O)N1C[C@H]2[C@H]([C@@H]2C(F)(F)F)[C@H]1C(=O)O. The minimum absolute atomic E-state index is 0.222. The molecule has 0 bridgehead atoms. The highest BCUT2D eigenvalue weighted by Crippen LogP contribution is 2.62. The lowest BCUT2D eigenvalue weighted by Gasteiger charge is -2.29. The van der Waals surface area contributed by atoms with Gasteiger partial charge in [0.05, 0.1) is 5.92 Å². The van der Waals surface area contributed by atoms with E-state index in [9.17, 15) is 22.8 Å². The summed E-state index contributed by atoms with van der Waals surface area (Å²) in [4.78, 5) is 23.9. The summed E-state index contributed by atoms with van der Waals surface area (Å²) in [5.41, 5.74) is -0.823. The molecule has 8 heteroatoms. The van der Waals surface area contributed by atoms with Crippen LogP contribution in [0.2, 0.25) is 0 Å². The Balaban J connectivity index is 2.12. The van der Waals surface area contributed by atoms with Gasteiger partial charge in [-0.1, -0.05) is 0 Å². The first kappa shape index (κ1) is 14.9. The average Bonchev–Trinajstić information content (AvgIpc) is 2.77. The number of carbonyl (C=O) groups is 2. The van der Waals surface area contributed by atoms with Crippen molar-refractivity contribution in [2.24, 2.45) is 17.8 Å². The van der Waals surface area contributed by atoms with Crippen LogP contribution in [0.4, 0.5) is 18.0 Å². The standard InChI is InChI=1S/C12H16F3NO4/c1-11(2,3)20-10(19)16-4-5-6(8(16)9(17)18)7(5)12(13,14)15/h5-8H,4H2,1-3H3,(H,17,18)/t5-,6+,7+,8-/m0/s1. The number of ether oxygens (including phenoxy) is 1. The number of hydrogen-bond acceptors (Lipinski definition) is 3.